The van der Waals surface area contributed by atoms with E-state index in [1.165, 1.54) is 0 Å². The second-order valence-corrected chi connectivity index (χ2v) is 6.14. The Bertz CT molecular complexity index is 659. The molecule has 1 atom stereocenters. The van der Waals surface area contributed by atoms with Crippen LogP contribution < -0.4 is 15.4 Å². The number of hydrogen-bond acceptors (Lipinski definition) is 3. The van der Waals surface area contributed by atoms with E-state index < -0.39 is 0 Å². The third-order valence-corrected chi connectivity index (χ3v) is 3.87. The number of carbonyl (C=O) groups excluding carboxylic acids is 1. The SMILES string of the molecule is CC(C)C(NC(=O)NCc1ccccc1OCCO)c1ccccc1. The number of para-hydroxylation sites is 1. The second-order valence-electron chi connectivity index (χ2n) is 6.14. The highest BCUT2D eigenvalue weighted by atomic mass is 16.5. The van der Waals surface area contributed by atoms with Crippen molar-refractivity contribution in [3.05, 3.63) is 65.7 Å². The molecule has 0 radical (unpaired) electrons. The molecule has 0 saturated heterocycles. The average Bonchev–Trinajstić information content (AvgIpc) is 2.63. The quantitative estimate of drug-likeness (QED) is 0.690. The van der Waals surface area contributed by atoms with E-state index in [1.807, 2.05) is 54.6 Å². The average molecular weight is 342 g/mol. The van der Waals surface area contributed by atoms with Gasteiger partial charge in [0.15, 0.2) is 0 Å². The monoisotopic (exact) mass is 342 g/mol. The zero-order valence-corrected chi connectivity index (χ0v) is 14.7. The van der Waals surface area contributed by atoms with E-state index >= 15 is 0 Å². The van der Waals surface area contributed by atoms with Crippen LogP contribution in [0.1, 0.15) is 31.0 Å². The van der Waals surface area contributed by atoms with Crippen molar-refractivity contribution in [3.63, 3.8) is 0 Å². The van der Waals surface area contributed by atoms with E-state index in [4.69, 9.17) is 9.84 Å². The maximum Gasteiger partial charge on any atom is 0.315 e. The Balaban J connectivity index is 1.96. The molecule has 0 aliphatic carbocycles. The number of aliphatic hydroxyl groups is 1. The summed E-state index contributed by atoms with van der Waals surface area (Å²) in [5.41, 5.74) is 1.95. The summed E-state index contributed by atoms with van der Waals surface area (Å²) >= 11 is 0. The number of hydrogen-bond donors (Lipinski definition) is 3. The van der Waals surface area contributed by atoms with Gasteiger partial charge in [0.2, 0.25) is 0 Å². The number of rotatable bonds is 8. The van der Waals surface area contributed by atoms with Gasteiger partial charge in [-0.05, 0) is 17.5 Å². The molecule has 0 saturated carbocycles. The molecule has 0 aliphatic rings. The fourth-order valence-electron chi connectivity index (χ4n) is 2.61. The number of ether oxygens (including phenoxy) is 1. The molecule has 3 N–H and O–H groups in total. The van der Waals surface area contributed by atoms with Crippen LogP contribution in [0.3, 0.4) is 0 Å². The first-order valence-electron chi connectivity index (χ1n) is 8.52. The van der Waals surface area contributed by atoms with Crippen molar-refractivity contribution in [2.75, 3.05) is 13.2 Å². The number of urea groups is 1. The minimum Gasteiger partial charge on any atom is -0.491 e. The Labute approximate surface area is 149 Å². The van der Waals surface area contributed by atoms with Crippen molar-refractivity contribution < 1.29 is 14.6 Å². The molecule has 2 rings (SSSR count). The van der Waals surface area contributed by atoms with Crippen molar-refractivity contribution in [1.29, 1.82) is 0 Å². The van der Waals surface area contributed by atoms with Crippen LogP contribution in [0, 0.1) is 5.92 Å². The van der Waals surface area contributed by atoms with Crippen LogP contribution in [0.5, 0.6) is 5.75 Å². The lowest BCUT2D eigenvalue weighted by Crippen LogP contribution is -2.39. The fourth-order valence-corrected chi connectivity index (χ4v) is 2.61. The molecule has 0 aliphatic heterocycles. The lowest BCUT2D eigenvalue weighted by Gasteiger charge is -2.23. The summed E-state index contributed by atoms with van der Waals surface area (Å²) in [4.78, 5) is 12.3. The molecular weight excluding hydrogens is 316 g/mol. The Hall–Kier alpha value is -2.53. The Morgan fingerprint density at radius 3 is 2.44 bits per heavy atom. The maximum atomic E-state index is 12.3. The van der Waals surface area contributed by atoms with Gasteiger partial charge in [0.25, 0.3) is 0 Å². The largest absolute Gasteiger partial charge is 0.491 e. The van der Waals surface area contributed by atoms with Gasteiger partial charge in [0, 0.05) is 12.1 Å². The highest BCUT2D eigenvalue weighted by molar-refractivity contribution is 5.74. The Morgan fingerprint density at radius 1 is 1.08 bits per heavy atom. The third-order valence-electron chi connectivity index (χ3n) is 3.87. The Morgan fingerprint density at radius 2 is 1.76 bits per heavy atom. The van der Waals surface area contributed by atoms with Crippen molar-refractivity contribution in [2.45, 2.75) is 26.4 Å². The van der Waals surface area contributed by atoms with Crippen LogP contribution in [-0.2, 0) is 6.54 Å². The van der Waals surface area contributed by atoms with E-state index in [-0.39, 0.29) is 31.2 Å². The van der Waals surface area contributed by atoms with Gasteiger partial charge in [-0.15, -0.1) is 0 Å². The number of nitrogens with one attached hydrogen (secondary N) is 2. The normalized spacial score (nSPS) is 11.8. The zero-order valence-electron chi connectivity index (χ0n) is 14.7. The molecule has 134 valence electrons. The first kappa shape index (κ1) is 18.8. The zero-order chi connectivity index (χ0) is 18.1. The number of aliphatic hydroxyl groups excluding tert-OH is 1. The minimum atomic E-state index is -0.223. The van der Waals surface area contributed by atoms with Gasteiger partial charge >= 0.3 is 6.03 Å². The fraction of sp³-hybridized carbons (Fsp3) is 0.350. The summed E-state index contributed by atoms with van der Waals surface area (Å²) in [6, 6.07) is 17.1. The van der Waals surface area contributed by atoms with E-state index in [0.717, 1.165) is 11.1 Å². The molecule has 0 aromatic heterocycles. The van der Waals surface area contributed by atoms with Gasteiger partial charge in [-0.2, -0.15) is 0 Å². The summed E-state index contributed by atoms with van der Waals surface area (Å²) in [7, 11) is 0. The summed E-state index contributed by atoms with van der Waals surface area (Å²) in [5.74, 6) is 0.939. The van der Waals surface area contributed by atoms with Crippen molar-refractivity contribution >= 4 is 6.03 Å². The van der Waals surface area contributed by atoms with Gasteiger partial charge in [-0.25, -0.2) is 4.79 Å². The number of amides is 2. The van der Waals surface area contributed by atoms with Crippen LogP contribution in [0.25, 0.3) is 0 Å². The molecule has 2 amide bonds. The summed E-state index contributed by atoms with van der Waals surface area (Å²) in [6.07, 6.45) is 0. The molecule has 2 aromatic rings. The van der Waals surface area contributed by atoms with E-state index in [9.17, 15) is 4.79 Å². The molecule has 0 heterocycles. The molecule has 0 spiro atoms. The van der Waals surface area contributed by atoms with Crippen molar-refractivity contribution in [1.82, 2.24) is 10.6 Å². The predicted octanol–water partition coefficient (Wildman–Crippen LogP) is 3.25. The number of benzene rings is 2. The highest BCUT2D eigenvalue weighted by Crippen LogP contribution is 2.21. The van der Waals surface area contributed by atoms with Crippen LogP contribution in [-0.4, -0.2) is 24.4 Å². The first-order chi connectivity index (χ1) is 12.1. The second kappa shape index (κ2) is 9.69. The number of carbonyl (C=O) groups is 1. The minimum absolute atomic E-state index is 0.0462. The van der Waals surface area contributed by atoms with Gasteiger partial charge in [-0.3, -0.25) is 0 Å². The lowest BCUT2D eigenvalue weighted by molar-refractivity contribution is 0.200. The highest BCUT2D eigenvalue weighted by Gasteiger charge is 2.18. The molecule has 5 nitrogen and oxygen atoms in total. The molecule has 1 unspecified atom stereocenters. The van der Waals surface area contributed by atoms with Gasteiger partial charge in [-0.1, -0.05) is 62.4 Å². The standard InChI is InChI=1S/C20H26N2O3/c1-15(2)19(16-8-4-3-5-9-16)22-20(24)21-14-17-10-6-7-11-18(17)25-13-12-23/h3-11,15,19,23H,12-14H2,1-2H3,(H2,21,22,24). The van der Waals surface area contributed by atoms with Crippen molar-refractivity contribution in [3.8, 4) is 5.75 Å². The van der Waals surface area contributed by atoms with Crippen LogP contribution in [0.15, 0.2) is 54.6 Å². The van der Waals surface area contributed by atoms with Crippen molar-refractivity contribution in [2.24, 2.45) is 5.92 Å². The maximum absolute atomic E-state index is 12.3. The molecule has 0 fully saturated rings. The molecule has 2 aromatic carbocycles. The van der Waals surface area contributed by atoms with Crippen LogP contribution in [0.2, 0.25) is 0 Å². The molecule has 0 bridgehead atoms. The Kier molecular flexibility index (Phi) is 7.29. The van der Waals surface area contributed by atoms with Gasteiger partial charge < -0.3 is 20.5 Å². The molecular formula is C20H26N2O3. The smallest absolute Gasteiger partial charge is 0.315 e. The van der Waals surface area contributed by atoms with Crippen LogP contribution >= 0.6 is 0 Å². The van der Waals surface area contributed by atoms with Gasteiger partial charge in [0.1, 0.15) is 12.4 Å². The molecule has 5 heteroatoms. The summed E-state index contributed by atoms with van der Waals surface area (Å²) in [5, 5.41) is 14.8. The third kappa shape index (κ3) is 5.80. The van der Waals surface area contributed by atoms with Crippen LogP contribution in [0.4, 0.5) is 4.79 Å². The first-order valence-corrected chi connectivity index (χ1v) is 8.52. The predicted molar refractivity (Wildman–Crippen MR) is 98.4 cm³/mol. The van der Waals surface area contributed by atoms with Gasteiger partial charge in [0.05, 0.1) is 12.6 Å². The van der Waals surface area contributed by atoms with E-state index in [0.29, 0.717) is 12.3 Å². The van der Waals surface area contributed by atoms with E-state index in [1.54, 1.807) is 0 Å². The summed E-state index contributed by atoms with van der Waals surface area (Å²) < 4.78 is 5.49. The summed E-state index contributed by atoms with van der Waals surface area (Å²) in [6.45, 7) is 4.70. The topological polar surface area (TPSA) is 70.6 Å². The van der Waals surface area contributed by atoms with E-state index in [2.05, 4.69) is 24.5 Å². The molecule has 25 heavy (non-hydrogen) atoms. The lowest BCUT2D eigenvalue weighted by atomic mass is 9.96.